The van der Waals surface area contributed by atoms with E-state index >= 15 is 0 Å². The van der Waals surface area contributed by atoms with Crippen LogP contribution in [-0.2, 0) is 11.3 Å². The van der Waals surface area contributed by atoms with E-state index in [1.54, 1.807) is 13.1 Å². The van der Waals surface area contributed by atoms with Crippen molar-refractivity contribution >= 4 is 32.6 Å². The van der Waals surface area contributed by atoms with Crippen LogP contribution in [-0.4, -0.2) is 36.1 Å². The number of halogens is 1. The first kappa shape index (κ1) is 16.3. The van der Waals surface area contributed by atoms with Crippen LogP contribution in [0.2, 0.25) is 0 Å². The average molecular weight is 377 g/mol. The molecule has 0 radical (unpaired) electrons. The SMILES string of the molecule is CNC(=O)C1CCN(Cc2c(O)ccc3cc(Br)ccc23)CC1. The van der Waals surface area contributed by atoms with Gasteiger partial charge in [-0.15, -0.1) is 0 Å². The average Bonchev–Trinajstić information content (AvgIpc) is 2.57. The fraction of sp³-hybridized carbons (Fsp3) is 0.389. The summed E-state index contributed by atoms with van der Waals surface area (Å²) in [4.78, 5) is 14.0. The summed E-state index contributed by atoms with van der Waals surface area (Å²) in [5.74, 6) is 0.601. The maximum Gasteiger partial charge on any atom is 0.222 e. The van der Waals surface area contributed by atoms with E-state index < -0.39 is 0 Å². The number of likely N-dealkylation sites (tertiary alicyclic amines) is 1. The molecule has 0 bridgehead atoms. The molecule has 0 atom stereocenters. The largest absolute Gasteiger partial charge is 0.508 e. The summed E-state index contributed by atoms with van der Waals surface area (Å²) >= 11 is 3.49. The molecule has 2 aromatic rings. The fourth-order valence-corrected chi connectivity index (χ4v) is 3.68. The van der Waals surface area contributed by atoms with Crippen molar-refractivity contribution in [3.8, 4) is 5.75 Å². The van der Waals surface area contributed by atoms with Crippen molar-refractivity contribution in [1.29, 1.82) is 0 Å². The summed E-state index contributed by atoms with van der Waals surface area (Å²) in [6.07, 6.45) is 1.74. The summed E-state index contributed by atoms with van der Waals surface area (Å²) in [5.41, 5.74) is 0.966. The first-order valence-electron chi connectivity index (χ1n) is 7.92. The summed E-state index contributed by atoms with van der Waals surface area (Å²) in [6, 6.07) is 9.82. The third-order valence-electron chi connectivity index (χ3n) is 4.66. The number of fused-ring (bicyclic) bond motifs is 1. The van der Waals surface area contributed by atoms with E-state index in [2.05, 4.69) is 32.2 Å². The topological polar surface area (TPSA) is 52.6 Å². The summed E-state index contributed by atoms with van der Waals surface area (Å²) in [6.45, 7) is 2.47. The molecule has 1 fully saturated rings. The Hall–Kier alpha value is -1.59. The monoisotopic (exact) mass is 376 g/mol. The molecule has 1 amide bonds. The Balaban J connectivity index is 1.77. The molecule has 1 aliphatic heterocycles. The van der Waals surface area contributed by atoms with Crippen LogP contribution in [0.1, 0.15) is 18.4 Å². The zero-order valence-corrected chi connectivity index (χ0v) is 14.8. The van der Waals surface area contributed by atoms with E-state index in [9.17, 15) is 9.90 Å². The second-order valence-corrected chi connectivity index (χ2v) is 7.01. The maximum atomic E-state index is 11.7. The summed E-state index contributed by atoms with van der Waals surface area (Å²) < 4.78 is 1.04. The van der Waals surface area contributed by atoms with Gasteiger partial charge in [0.25, 0.3) is 0 Å². The van der Waals surface area contributed by atoms with Gasteiger partial charge in [0.2, 0.25) is 5.91 Å². The van der Waals surface area contributed by atoms with Crippen LogP contribution in [0, 0.1) is 5.92 Å². The van der Waals surface area contributed by atoms with Gasteiger partial charge in [0.1, 0.15) is 5.75 Å². The lowest BCUT2D eigenvalue weighted by Gasteiger charge is -2.31. The molecule has 1 saturated heterocycles. The predicted octanol–water partition coefficient (Wildman–Crippen LogP) is 3.27. The van der Waals surface area contributed by atoms with Gasteiger partial charge in [0.05, 0.1) is 0 Å². The van der Waals surface area contributed by atoms with Crippen LogP contribution in [0.5, 0.6) is 5.75 Å². The number of nitrogens with one attached hydrogen (secondary N) is 1. The molecule has 0 unspecified atom stereocenters. The van der Waals surface area contributed by atoms with E-state index in [0.29, 0.717) is 12.3 Å². The Kier molecular flexibility index (Phi) is 4.87. The van der Waals surface area contributed by atoms with Crippen LogP contribution in [0.4, 0.5) is 0 Å². The molecule has 4 nitrogen and oxygen atoms in total. The molecule has 5 heteroatoms. The molecule has 0 aliphatic carbocycles. The van der Waals surface area contributed by atoms with Crippen LogP contribution < -0.4 is 5.32 Å². The highest BCUT2D eigenvalue weighted by Gasteiger charge is 2.24. The van der Waals surface area contributed by atoms with Crippen LogP contribution in [0.3, 0.4) is 0 Å². The number of hydrogen-bond donors (Lipinski definition) is 2. The molecular formula is C18H21BrN2O2. The van der Waals surface area contributed by atoms with Gasteiger partial charge in [0.15, 0.2) is 0 Å². The van der Waals surface area contributed by atoms with Gasteiger partial charge in [-0.05, 0) is 54.9 Å². The fourth-order valence-electron chi connectivity index (χ4n) is 3.30. The highest BCUT2D eigenvalue weighted by atomic mass is 79.9. The number of carbonyl (C=O) groups excluding carboxylic acids is 1. The number of carbonyl (C=O) groups is 1. The van der Waals surface area contributed by atoms with Gasteiger partial charge in [-0.2, -0.15) is 0 Å². The normalized spacial score (nSPS) is 16.6. The van der Waals surface area contributed by atoms with Crippen LogP contribution in [0.25, 0.3) is 10.8 Å². The zero-order chi connectivity index (χ0) is 16.4. The van der Waals surface area contributed by atoms with Crippen molar-refractivity contribution in [2.45, 2.75) is 19.4 Å². The molecule has 23 heavy (non-hydrogen) atoms. The molecule has 2 N–H and O–H groups in total. The van der Waals surface area contributed by atoms with Gasteiger partial charge in [-0.1, -0.05) is 28.1 Å². The second-order valence-electron chi connectivity index (χ2n) is 6.09. The Bertz CT molecular complexity index is 724. The minimum absolute atomic E-state index is 0.119. The minimum Gasteiger partial charge on any atom is -0.508 e. The zero-order valence-electron chi connectivity index (χ0n) is 13.2. The summed E-state index contributed by atoms with van der Waals surface area (Å²) in [5, 5.41) is 15.2. The minimum atomic E-state index is 0.119. The van der Waals surface area contributed by atoms with Gasteiger partial charge in [0, 0.05) is 29.5 Å². The van der Waals surface area contributed by atoms with Gasteiger partial charge in [-0.25, -0.2) is 0 Å². The third kappa shape index (κ3) is 3.51. The molecule has 2 aromatic carbocycles. The lowest BCUT2D eigenvalue weighted by Crippen LogP contribution is -2.39. The number of hydrogen-bond acceptors (Lipinski definition) is 3. The number of aromatic hydroxyl groups is 1. The Labute approximate surface area is 144 Å². The van der Waals surface area contributed by atoms with E-state index in [4.69, 9.17) is 0 Å². The van der Waals surface area contributed by atoms with Crippen molar-refractivity contribution in [3.63, 3.8) is 0 Å². The van der Waals surface area contributed by atoms with Crippen molar-refractivity contribution in [1.82, 2.24) is 10.2 Å². The molecule has 1 aliphatic rings. The highest BCUT2D eigenvalue weighted by Crippen LogP contribution is 2.31. The van der Waals surface area contributed by atoms with E-state index in [0.717, 1.165) is 46.7 Å². The van der Waals surface area contributed by atoms with Crippen LogP contribution in [0.15, 0.2) is 34.8 Å². The molecule has 3 rings (SSSR count). The standard InChI is InChI=1S/C18H21BrN2O2/c1-20-18(23)12-6-8-21(9-7-12)11-16-15-4-3-14(19)10-13(15)2-5-17(16)22/h2-5,10,12,22H,6-9,11H2,1H3,(H,20,23). The number of phenols is 1. The number of rotatable bonds is 3. The highest BCUT2D eigenvalue weighted by molar-refractivity contribution is 9.10. The molecule has 122 valence electrons. The van der Waals surface area contributed by atoms with Gasteiger partial charge < -0.3 is 10.4 Å². The molecule has 0 aromatic heterocycles. The molecule has 0 spiro atoms. The first-order chi connectivity index (χ1) is 11.1. The third-order valence-corrected chi connectivity index (χ3v) is 5.15. The lowest BCUT2D eigenvalue weighted by molar-refractivity contribution is -0.125. The van der Waals surface area contributed by atoms with Crippen molar-refractivity contribution in [2.75, 3.05) is 20.1 Å². The van der Waals surface area contributed by atoms with Crippen molar-refractivity contribution in [3.05, 3.63) is 40.4 Å². The summed E-state index contributed by atoms with van der Waals surface area (Å²) in [7, 11) is 1.70. The van der Waals surface area contributed by atoms with Crippen molar-refractivity contribution < 1.29 is 9.90 Å². The number of piperidine rings is 1. The Morgan fingerprint density at radius 1 is 1.30 bits per heavy atom. The number of amides is 1. The quantitative estimate of drug-likeness (QED) is 0.864. The van der Waals surface area contributed by atoms with Gasteiger partial charge >= 0.3 is 0 Å². The van der Waals surface area contributed by atoms with E-state index in [1.807, 2.05) is 18.2 Å². The van der Waals surface area contributed by atoms with E-state index in [-0.39, 0.29) is 11.8 Å². The molecule has 0 saturated carbocycles. The second kappa shape index (κ2) is 6.89. The number of benzene rings is 2. The maximum absolute atomic E-state index is 11.7. The lowest BCUT2D eigenvalue weighted by atomic mass is 9.95. The Morgan fingerprint density at radius 3 is 2.74 bits per heavy atom. The van der Waals surface area contributed by atoms with E-state index in [1.165, 1.54) is 0 Å². The van der Waals surface area contributed by atoms with Crippen LogP contribution >= 0.6 is 15.9 Å². The smallest absolute Gasteiger partial charge is 0.222 e. The Morgan fingerprint density at radius 2 is 2.04 bits per heavy atom. The molecule has 1 heterocycles. The first-order valence-corrected chi connectivity index (χ1v) is 8.72. The molecular weight excluding hydrogens is 356 g/mol. The number of phenolic OH excluding ortho intramolecular Hbond substituents is 1. The van der Waals surface area contributed by atoms with Gasteiger partial charge in [-0.3, -0.25) is 9.69 Å². The number of nitrogens with zero attached hydrogens (tertiary/aromatic N) is 1. The van der Waals surface area contributed by atoms with Crippen molar-refractivity contribution in [2.24, 2.45) is 5.92 Å². The predicted molar refractivity (Wildman–Crippen MR) is 95.4 cm³/mol.